The Morgan fingerprint density at radius 3 is 2.44 bits per heavy atom. The van der Waals surface area contributed by atoms with Crippen molar-refractivity contribution in [2.24, 2.45) is 0 Å². The molecule has 1 heterocycles. The molecule has 4 rings (SSSR count). The fourth-order valence-corrected chi connectivity index (χ4v) is 3.66. The van der Waals surface area contributed by atoms with E-state index >= 15 is 0 Å². The molecular formula is C24H14Cl2F3NO4. The Morgan fingerprint density at radius 1 is 1.00 bits per heavy atom. The third-order valence-corrected chi connectivity index (χ3v) is 5.35. The Hall–Kier alpha value is -3.49. The Balaban J connectivity index is 1.70. The molecule has 3 aromatic carbocycles. The van der Waals surface area contributed by atoms with Crippen LogP contribution >= 0.6 is 23.2 Å². The number of carbonyl (C=O) groups excluding carboxylic acids is 1. The van der Waals surface area contributed by atoms with Crippen molar-refractivity contribution in [3.8, 4) is 17.1 Å². The molecule has 5 nitrogen and oxygen atoms in total. The van der Waals surface area contributed by atoms with Crippen LogP contribution in [0.15, 0.2) is 75.9 Å². The van der Waals surface area contributed by atoms with Gasteiger partial charge in [0.1, 0.15) is 5.58 Å². The van der Waals surface area contributed by atoms with E-state index in [1.54, 1.807) is 24.3 Å². The molecular weight excluding hydrogens is 494 g/mol. The highest BCUT2D eigenvalue weighted by atomic mass is 35.5. The van der Waals surface area contributed by atoms with Crippen LogP contribution in [-0.2, 0) is 11.0 Å². The molecule has 0 unspecified atom stereocenters. The van der Waals surface area contributed by atoms with E-state index in [4.69, 9.17) is 32.4 Å². The van der Waals surface area contributed by atoms with Crippen molar-refractivity contribution in [3.05, 3.63) is 92.6 Å². The number of halogens is 5. The number of carbonyl (C=O) groups is 1. The molecule has 0 spiro atoms. The minimum absolute atomic E-state index is 0.0334. The second-order valence-corrected chi connectivity index (χ2v) is 7.93. The van der Waals surface area contributed by atoms with Crippen molar-refractivity contribution >= 4 is 45.8 Å². The Labute approximate surface area is 200 Å². The van der Waals surface area contributed by atoms with Gasteiger partial charge in [-0.25, -0.2) is 0 Å². The Bertz CT molecular complexity index is 1450. The van der Waals surface area contributed by atoms with Gasteiger partial charge >= 0.3 is 6.18 Å². The number of hydrogen-bond acceptors (Lipinski definition) is 4. The quantitative estimate of drug-likeness (QED) is 0.322. The van der Waals surface area contributed by atoms with E-state index < -0.39 is 35.4 Å². The van der Waals surface area contributed by atoms with Gasteiger partial charge in [0.15, 0.2) is 12.4 Å². The van der Waals surface area contributed by atoms with Crippen molar-refractivity contribution in [1.29, 1.82) is 0 Å². The van der Waals surface area contributed by atoms with Crippen LogP contribution in [0.2, 0.25) is 10.0 Å². The molecule has 10 heteroatoms. The summed E-state index contributed by atoms with van der Waals surface area (Å²) >= 11 is 12.3. The Morgan fingerprint density at radius 2 is 1.71 bits per heavy atom. The largest absolute Gasteiger partial charge is 0.476 e. The van der Waals surface area contributed by atoms with E-state index in [9.17, 15) is 22.8 Å². The number of hydrogen-bond donors (Lipinski definition) is 1. The first-order valence-corrected chi connectivity index (χ1v) is 10.5. The van der Waals surface area contributed by atoms with Gasteiger partial charge in [-0.2, -0.15) is 13.2 Å². The van der Waals surface area contributed by atoms with Gasteiger partial charge in [-0.1, -0.05) is 47.5 Å². The van der Waals surface area contributed by atoms with Gasteiger partial charge in [0.25, 0.3) is 5.91 Å². The topological polar surface area (TPSA) is 68.5 Å². The minimum atomic E-state index is -4.67. The fourth-order valence-electron chi connectivity index (χ4n) is 3.27. The number of rotatable bonds is 5. The zero-order chi connectivity index (χ0) is 24.5. The van der Waals surface area contributed by atoms with E-state index in [0.29, 0.717) is 5.56 Å². The zero-order valence-electron chi connectivity index (χ0n) is 17.1. The summed E-state index contributed by atoms with van der Waals surface area (Å²) in [5, 5.41) is 2.79. The lowest BCUT2D eigenvalue weighted by Crippen LogP contribution is -2.24. The number of amides is 1. The van der Waals surface area contributed by atoms with Gasteiger partial charge in [0.2, 0.25) is 11.2 Å². The van der Waals surface area contributed by atoms with Gasteiger partial charge in [0.05, 0.1) is 21.7 Å². The van der Waals surface area contributed by atoms with Crippen molar-refractivity contribution in [2.45, 2.75) is 6.18 Å². The van der Waals surface area contributed by atoms with Crippen molar-refractivity contribution in [3.63, 3.8) is 0 Å². The number of ether oxygens (including phenoxy) is 1. The molecule has 0 atom stereocenters. The second-order valence-electron chi connectivity index (χ2n) is 7.09. The molecule has 1 amide bonds. The summed E-state index contributed by atoms with van der Waals surface area (Å²) in [5.41, 5.74) is -1.54. The summed E-state index contributed by atoms with van der Waals surface area (Å²) in [4.78, 5) is 25.6. The number of anilines is 1. The normalized spacial score (nSPS) is 11.4. The van der Waals surface area contributed by atoms with E-state index in [1.807, 2.05) is 0 Å². The van der Waals surface area contributed by atoms with Crippen LogP contribution in [0.4, 0.5) is 18.9 Å². The van der Waals surface area contributed by atoms with E-state index in [2.05, 4.69) is 5.32 Å². The van der Waals surface area contributed by atoms with Gasteiger partial charge in [-0.15, -0.1) is 0 Å². The summed E-state index contributed by atoms with van der Waals surface area (Å²) in [6.07, 6.45) is -4.67. The maximum atomic E-state index is 13.2. The van der Waals surface area contributed by atoms with Crippen molar-refractivity contribution in [1.82, 2.24) is 0 Å². The van der Waals surface area contributed by atoms with Crippen LogP contribution in [0.3, 0.4) is 0 Å². The van der Waals surface area contributed by atoms with Crippen LogP contribution in [0, 0.1) is 0 Å². The van der Waals surface area contributed by atoms with E-state index in [1.165, 1.54) is 30.3 Å². The van der Waals surface area contributed by atoms with Gasteiger partial charge < -0.3 is 14.5 Å². The second kappa shape index (κ2) is 9.40. The molecule has 0 aliphatic heterocycles. The summed E-state index contributed by atoms with van der Waals surface area (Å²) in [5.74, 6) is -1.27. The Kier molecular flexibility index (Phi) is 6.54. The monoisotopic (exact) mass is 507 g/mol. The van der Waals surface area contributed by atoms with Gasteiger partial charge in [-0.3, -0.25) is 9.59 Å². The van der Waals surface area contributed by atoms with Crippen LogP contribution in [0.1, 0.15) is 5.56 Å². The average Bonchev–Trinajstić information content (AvgIpc) is 2.79. The van der Waals surface area contributed by atoms with Crippen LogP contribution < -0.4 is 15.5 Å². The summed E-state index contributed by atoms with van der Waals surface area (Å²) in [7, 11) is 0. The first-order chi connectivity index (χ1) is 16.1. The molecule has 34 heavy (non-hydrogen) atoms. The lowest BCUT2D eigenvalue weighted by atomic mass is 10.1. The minimum Gasteiger partial charge on any atom is -0.476 e. The number of para-hydroxylation sites is 1. The highest BCUT2D eigenvalue weighted by Crippen LogP contribution is 2.36. The first-order valence-electron chi connectivity index (χ1n) is 9.75. The van der Waals surface area contributed by atoms with Crippen LogP contribution in [-0.4, -0.2) is 12.5 Å². The van der Waals surface area contributed by atoms with Crippen LogP contribution in [0.25, 0.3) is 22.3 Å². The number of benzene rings is 3. The maximum absolute atomic E-state index is 13.2. The molecule has 1 N–H and O–H groups in total. The third-order valence-electron chi connectivity index (χ3n) is 4.78. The molecule has 4 aromatic rings. The first kappa shape index (κ1) is 23.7. The van der Waals surface area contributed by atoms with Gasteiger partial charge in [0, 0.05) is 10.6 Å². The molecule has 0 radical (unpaired) electrons. The number of alkyl halides is 3. The standard InChI is InChI=1S/C24H14Cl2F3NO4/c25-13-9-10-19-15(11-13)21(32)23(22(34-19)14-5-1-3-7-17(14)26)33-12-20(31)30-18-8-4-2-6-16(18)24(27,28)29/h1-11H,12H2,(H,30,31). The van der Waals surface area contributed by atoms with E-state index in [0.717, 1.165) is 12.1 Å². The summed E-state index contributed by atoms with van der Waals surface area (Å²) < 4.78 is 51.0. The smallest absolute Gasteiger partial charge is 0.418 e. The fraction of sp³-hybridized carbons (Fsp3) is 0.0833. The summed E-state index contributed by atoms with van der Waals surface area (Å²) in [6, 6.07) is 15.4. The van der Waals surface area contributed by atoms with E-state index in [-0.39, 0.29) is 32.5 Å². The maximum Gasteiger partial charge on any atom is 0.418 e. The number of nitrogens with one attached hydrogen (secondary N) is 1. The highest BCUT2D eigenvalue weighted by Gasteiger charge is 2.33. The molecule has 1 aromatic heterocycles. The number of fused-ring (bicyclic) bond motifs is 1. The summed E-state index contributed by atoms with van der Waals surface area (Å²) in [6.45, 7) is -0.763. The molecule has 174 valence electrons. The van der Waals surface area contributed by atoms with Crippen molar-refractivity contribution in [2.75, 3.05) is 11.9 Å². The molecule has 0 aliphatic rings. The SMILES string of the molecule is O=C(COc1c(-c2ccccc2Cl)oc2ccc(Cl)cc2c1=O)Nc1ccccc1C(F)(F)F. The average molecular weight is 508 g/mol. The lowest BCUT2D eigenvalue weighted by Gasteiger charge is -2.15. The third kappa shape index (κ3) is 4.88. The molecule has 0 saturated carbocycles. The zero-order valence-corrected chi connectivity index (χ0v) is 18.6. The predicted molar refractivity (Wildman–Crippen MR) is 124 cm³/mol. The molecule has 0 fully saturated rings. The van der Waals surface area contributed by atoms with Crippen LogP contribution in [0.5, 0.6) is 5.75 Å². The lowest BCUT2D eigenvalue weighted by molar-refractivity contribution is -0.137. The predicted octanol–water partition coefficient (Wildman–Crippen LogP) is 6.80. The van der Waals surface area contributed by atoms with Gasteiger partial charge in [-0.05, 0) is 42.5 Å². The molecule has 0 aliphatic carbocycles. The molecule has 0 bridgehead atoms. The molecule has 0 saturated heterocycles. The van der Waals surface area contributed by atoms with Crippen molar-refractivity contribution < 1.29 is 27.1 Å². The highest BCUT2D eigenvalue weighted by molar-refractivity contribution is 6.33.